The van der Waals surface area contributed by atoms with Crippen LogP contribution in [0.5, 0.6) is 0 Å². The summed E-state index contributed by atoms with van der Waals surface area (Å²) in [6.07, 6.45) is 6.29. The molecule has 2 atom stereocenters. The first-order valence-corrected chi connectivity index (χ1v) is 7.20. The SMILES string of the molecule is Cc1cnn(CC(C)NC(C)c2nc(C3CC3)no2)c1. The van der Waals surface area contributed by atoms with E-state index < -0.39 is 0 Å². The van der Waals surface area contributed by atoms with Gasteiger partial charge in [0.1, 0.15) is 0 Å². The summed E-state index contributed by atoms with van der Waals surface area (Å²) in [4.78, 5) is 4.47. The molecule has 1 aliphatic rings. The molecule has 2 aromatic heterocycles. The predicted octanol–water partition coefficient (Wildman–Crippen LogP) is 2.19. The van der Waals surface area contributed by atoms with Crippen LogP contribution in [0, 0.1) is 6.92 Å². The lowest BCUT2D eigenvalue weighted by Gasteiger charge is -2.17. The Labute approximate surface area is 118 Å². The van der Waals surface area contributed by atoms with Crippen molar-refractivity contribution in [3.8, 4) is 0 Å². The van der Waals surface area contributed by atoms with Crippen LogP contribution in [0.15, 0.2) is 16.9 Å². The Hall–Kier alpha value is -1.69. The van der Waals surface area contributed by atoms with Gasteiger partial charge in [-0.05, 0) is 39.2 Å². The largest absolute Gasteiger partial charge is 0.338 e. The third-order valence-electron chi connectivity index (χ3n) is 3.53. The molecule has 6 heteroatoms. The molecule has 0 saturated heterocycles. The van der Waals surface area contributed by atoms with Gasteiger partial charge in [0.05, 0.1) is 18.8 Å². The lowest BCUT2D eigenvalue weighted by Crippen LogP contribution is -2.33. The van der Waals surface area contributed by atoms with Crippen molar-refractivity contribution in [2.75, 3.05) is 0 Å². The maximum atomic E-state index is 5.34. The molecule has 1 aliphatic carbocycles. The molecule has 0 bridgehead atoms. The Bertz CT molecular complexity index is 572. The summed E-state index contributed by atoms with van der Waals surface area (Å²) < 4.78 is 7.28. The number of aryl methyl sites for hydroxylation is 1. The molecule has 1 N–H and O–H groups in total. The molecule has 3 rings (SSSR count). The first-order chi connectivity index (χ1) is 9.61. The molecular formula is C14H21N5O. The van der Waals surface area contributed by atoms with Crippen LogP contribution in [-0.2, 0) is 6.54 Å². The molecule has 1 saturated carbocycles. The van der Waals surface area contributed by atoms with Gasteiger partial charge in [-0.1, -0.05) is 5.16 Å². The Morgan fingerprint density at radius 2 is 2.25 bits per heavy atom. The van der Waals surface area contributed by atoms with Crippen LogP contribution in [0.2, 0.25) is 0 Å². The fourth-order valence-electron chi connectivity index (χ4n) is 2.33. The van der Waals surface area contributed by atoms with Gasteiger partial charge in [-0.15, -0.1) is 0 Å². The highest BCUT2D eigenvalue weighted by molar-refractivity contribution is 5.04. The van der Waals surface area contributed by atoms with Crippen molar-refractivity contribution in [3.05, 3.63) is 29.7 Å². The Morgan fingerprint density at radius 1 is 1.45 bits per heavy atom. The second-order valence-electron chi connectivity index (χ2n) is 5.79. The van der Waals surface area contributed by atoms with Crippen molar-refractivity contribution in [3.63, 3.8) is 0 Å². The molecule has 6 nitrogen and oxygen atoms in total. The van der Waals surface area contributed by atoms with Crippen LogP contribution in [0.3, 0.4) is 0 Å². The van der Waals surface area contributed by atoms with Gasteiger partial charge in [-0.25, -0.2) is 0 Å². The molecule has 2 heterocycles. The number of hydrogen-bond acceptors (Lipinski definition) is 5. The normalized spacial score (nSPS) is 18.1. The van der Waals surface area contributed by atoms with E-state index in [4.69, 9.17) is 4.52 Å². The van der Waals surface area contributed by atoms with Crippen molar-refractivity contribution < 1.29 is 4.52 Å². The van der Waals surface area contributed by atoms with E-state index in [1.54, 1.807) is 0 Å². The molecule has 0 amide bonds. The third-order valence-corrected chi connectivity index (χ3v) is 3.53. The molecule has 2 unspecified atom stereocenters. The predicted molar refractivity (Wildman–Crippen MR) is 74.2 cm³/mol. The summed E-state index contributed by atoms with van der Waals surface area (Å²) in [6, 6.07) is 0.335. The molecule has 2 aromatic rings. The van der Waals surface area contributed by atoms with E-state index in [1.165, 1.54) is 18.4 Å². The zero-order valence-electron chi connectivity index (χ0n) is 12.2. The summed E-state index contributed by atoms with van der Waals surface area (Å²) in [7, 11) is 0. The van der Waals surface area contributed by atoms with Crippen molar-refractivity contribution >= 4 is 0 Å². The van der Waals surface area contributed by atoms with E-state index >= 15 is 0 Å². The maximum absolute atomic E-state index is 5.34. The summed E-state index contributed by atoms with van der Waals surface area (Å²) in [6.45, 7) is 7.05. The lowest BCUT2D eigenvalue weighted by atomic mass is 10.2. The van der Waals surface area contributed by atoms with Gasteiger partial charge in [-0.2, -0.15) is 10.1 Å². The molecular weight excluding hydrogens is 254 g/mol. The van der Waals surface area contributed by atoms with E-state index in [0.29, 0.717) is 11.8 Å². The van der Waals surface area contributed by atoms with Gasteiger partial charge >= 0.3 is 0 Å². The zero-order chi connectivity index (χ0) is 14.1. The quantitative estimate of drug-likeness (QED) is 0.875. The van der Waals surface area contributed by atoms with Crippen molar-refractivity contribution in [2.24, 2.45) is 0 Å². The van der Waals surface area contributed by atoms with E-state index in [9.17, 15) is 0 Å². The van der Waals surface area contributed by atoms with Crippen LogP contribution in [-0.4, -0.2) is 26.0 Å². The Balaban J connectivity index is 1.55. The first kappa shape index (κ1) is 13.3. The van der Waals surface area contributed by atoms with Crippen LogP contribution < -0.4 is 5.32 Å². The van der Waals surface area contributed by atoms with Crippen molar-refractivity contribution in [1.29, 1.82) is 0 Å². The van der Waals surface area contributed by atoms with E-state index in [2.05, 4.69) is 34.4 Å². The topological polar surface area (TPSA) is 68.8 Å². The smallest absolute Gasteiger partial charge is 0.243 e. The second kappa shape index (κ2) is 5.36. The number of hydrogen-bond donors (Lipinski definition) is 1. The zero-order valence-corrected chi connectivity index (χ0v) is 12.2. The third kappa shape index (κ3) is 3.07. The van der Waals surface area contributed by atoms with E-state index in [-0.39, 0.29) is 12.1 Å². The maximum Gasteiger partial charge on any atom is 0.243 e. The molecule has 0 spiro atoms. The average Bonchev–Trinajstić information content (AvgIpc) is 2.98. The number of rotatable bonds is 6. The molecule has 0 radical (unpaired) electrons. The first-order valence-electron chi connectivity index (χ1n) is 7.20. The molecule has 108 valence electrons. The van der Waals surface area contributed by atoms with Gasteiger partial charge in [0.15, 0.2) is 5.82 Å². The highest BCUT2D eigenvalue weighted by Crippen LogP contribution is 2.38. The summed E-state index contributed by atoms with van der Waals surface area (Å²) in [5, 5.41) is 11.8. The Morgan fingerprint density at radius 3 is 2.90 bits per heavy atom. The fourth-order valence-corrected chi connectivity index (χ4v) is 2.33. The molecule has 20 heavy (non-hydrogen) atoms. The lowest BCUT2D eigenvalue weighted by molar-refractivity contribution is 0.314. The summed E-state index contributed by atoms with van der Waals surface area (Å²) in [5.74, 6) is 2.07. The van der Waals surface area contributed by atoms with Crippen LogP contribution in [0.1, 0.15) is 55.9 Å². The summed E-state index contributed by atoms with van der Waals surface area (Å²) in [5.41, 5.74) is 1.18. The Kier molecular flexibility index (Phi) is 3.56. The van der Waals surface area contributed by atoms with Crippen LogP contribution in [0.25, 0.3) is 0 Å². The van der Waals surface area contributed by atoms with Crippen LogP contribution in [0.4, 0.5) is 0 Å². The number of aromatic nitrogens is 4. The van der Waals surface area contributed by atoms with Gasteiger partial charge in [-0.3, -0.25) is 4.68 Å². The van der Waals surface area contributed by atoms with Gasteiger partial charge < -0.3 is 9.84 Å². The highest BCUT2D eigenvalue weighted by Gasteiger charge is 2.29. The van der Waals surface area contributed by atoms with Crippen LogP contribution >= 0.6 is 0 Å². The monoisotopic (exact) mass is 275 g/mol. The highest BCUT2D eigenvalue weighted by atomic mass is 16.5. The average molecular weight is 275 g/mol. The number of nitrogens with zero attached hydrogens (tertiary/aromatic N) is 4. The number of nitrogens with one attached hydrogen (secondary N) is 1. The van der Waals surface area contributed by atoms with Gasteiger partial charge in [0, 0.05) is 18.2 Å². The molecule has 0 aliphatic heterocycles. The van der Waals surface area contributed by atoms with Crippen molar-refractivity contribution in [2.45, 2.75) is 58.2 Å². The van der Waals surface area contributed by atoms with Gasteiger partial charge in [0.2, 0.25) is 5.89 Å². The molecule has 0 aromatic carbocycles. The minimum atomic E-state index is 0.0571. The van der Waals surface area contributed by atoms with Gasteiger partial charge in [0.25, 0.3) is 0 Å². The minimum Gasteiger partial charge on any atom is -0.338 e. The van der Waals surface area contributed by atoms with Crippen molar-refractivity contribution in [1.82, 2.24) is 25.2 Å². The second-order valence-corrected chi connectivity index (χ2v) is 5.79. The fraction of sp³-hybridized carbons (Fsp3) is 0.643. The minimum absolute atomic E-state index is 0.0571. The van der Waals surface area contributed by atoms with E-state index in [0.717, 1.165) is 12.4 Å². The molecule has 1 fully saturated rings. The summed E-state index contributed by atoms with van der Waals surface area (Å²) >= 11 is 0. The van der Waals surface area contributed by atoms with E-state index in [1.807, 2.05) is 24.0 Å². The standard InChI is InChI=1S/C14H21N5O/c1-9-6-15-19(7-9)8-10(2)16-11(3)14-17-13(18-20-14)12-4-5-12/h6-7,10-12,16H,4-5,8H2,1-3H3.